The van der Waals surface area contributed by atoms with Crippen LogP contribution in [0.15, 0.2) is 12.2 Å². The average molecular weight is 344 g/mol. The Balaban J connectivity index is 4.33. The highest BCUT2D eigenvalue weighted by molar-refractivity contribution is 6.00. The number of carbonyl (C=O) groups is 1. The first-order chi connectivity index (χ1) is 11.1. The normalized spacial score (nSPS) is 14.5. The molecule has 0 saturated heterocycles. The maximum atomic E-state index is 12.2. The number of hydrogen-bond acceptors (Lipinski definition) is 6. The van der Waals surface area contributed by atoms with Gasteiger partial charge >= 0.3 is 6.09 Å². The van der Waals surface area contributed by atoms with Gasteiger partial charge in [-0.3, -0.25) is 10.3 Å². The number of aliphatic hydroxyl groups excluding tert-OH is 1. The van der Waals surface area contributed by atoms with Crippen LogP contribution in [0, 0.1) is 5.41 Å². The largest absolute Gasteiger partial charge is 0.443 e. The Morgan fingerprint density at radius 3 is 2.38 bits per heavy atom. The van der Waals surface area contributed by atoms with Crippen molar-refractivity contribution in [1.29, 1.82) is 5.41 Å². The fourth-order valence-electron chi connectivity index (χ4n) is 1.57. The highest BCUT2D eigenvalue weighted by Gasteiger charge is 2.23. The molecule has 0 bridgehead atoms. The number of nitrogens with one attached hydrogen (secondary N) is 1. The lowest BCUT2D eigenvalue weighted by Crippen LogP contribution is -2.41. The number of amides is 1. The summed E-state index contributed by atoms with van der Waals surface area (Å²) in [6.45, 7) is 11.7. The van der Waals surface area contributed by atoms with E-state index in [0.29, 0.717) is 13.2 Å². The molecule has 0 aromatic carbocycles. The van der Waals surface area contributed by atoms with E-state index in [-0.39, 0.29) is 25.1 Å². The number of ether oxygens (including phenoxy) is 3. The van der Waals surface area contributed by atoms with E-state index in [1.54, 1.807) is 47.6 Å². The van der Waals surface area contributed by atoms with Crippen LogP contribution in [0.1, 0.15) is 41.5 Å². The van der Waals surface area contributed by atoms with Gasteiger partial charge in [0.15, 0.2) is 0 Å². The molecule has 0 aromatic rings. The molecule has 0 rings (SSSR count). The summed E-state index contributed by atoms with van der Waals surface area (Å²) in [5.41, 5.74) is -0.628. The lowest BCUT2D eigenvalue weighted by Gasteiger charge is -2.26. The van der Waals surface area contributed by atoms with Crippen molar-refractivity contribution in [1.82, 2.24) is 4.90 Å². The lowest BCUT2D eigenvalue weighted by atomic mass is 10.2. The maximum Gasteiger partial charge on any atom is 0.416 e. The Labute approximate surface area is 145 Å². The molecule has 0 radical (unpaired) electrons. The van der Waals surface area contributed by atoms with Gasteiger partial charge in [0.25, 0.3) is 0 Å². The molecule has 2 N–H and O–H groups in total. The number of hydrogen-bond donors (Lipinski definition) is 2. The standard InChI is InChI=1S/C17H32N2O5/c1-7-8-15(18)19(16(21)24-17(4,5)6)9-10-22-11-12-23-14(3)13(2)20/h7-8,13-14,18,20H,9-12H2,1-6H3/b8-7-,18-15?/t13?,14-/m0/s1. The zero-order chi connectivity index (χ0) is 18.8. The Hall–Kier alpha value is -1.44. The van der Waals surface area contributed by atoms with Crippen molar-refractivity contribution in [3.8, 4) is 0 Å². The highest BCUT2D eigenvalue weighted by Crippen LogP contribution is 2.10. The minimum atomic E-state index is -0.628. The van der Waals surface area contributed by atoms with Gasteiger partial charge in [0.2, 0.25) is 0 Å². The van der Waals surface area contributed by atoms with Crippen LogP contribution < -0.4 is 0 Å². The molecule has 140 valence electrons. The molecule has 0 aromatic heterocycles. The van der Waals surface area contributed by atoms with E-state index in [9.17, 15) is 9.90 Å². The first kappa shape index (κ1) is 22.6. The smallest absolute Gasteiger partial charge is 0.416 e. The molecule has 7 nitrogen and oxygen atoms in total. The summed E-state index contributed by atoms with van der Waals surface area (Å²) < 4.78 is 16.1. The molecule has 0 aliphatic carbocycles. The van der Waals surface area contributed by atoms with Crippen molar-refractivity contribution in [3.05, 3.63) is 12.2 Å². The molecule has 0 saturated carbocycles. The molecule has 2 atom stereocenters. The van der Waals surface area contributed by atoms with Crippen LogP contribution in [-0.2, 0) is 14.2 Å². The molecular weight excluding hydrogens is 312 g/mol. The number of amidine groups is 1. The molecule has 1 unspecified atom stereocenters. The molecule has 7 heteroatoms. The van der Waals surface area contributed by atoms with Crippen molar-refractivity contribution in [3.63, 3.8) is 0 Å². The Morgan fingerprint density at radius 1 is 1.25 bits per heavy atom. The number of rotatable bonds is 9. The van der Waals surface area contributed by atoms with Crippen LogP contribution >= 0.6 is 0 Å². The van der Waals surface area contributed by atoms with Crippen molar-refractivity contribution in [2.45, 2.75) is 59.4 Å². The highest BCUT2D eigenvalue weighted by atomic mass is 16.6. The Morgan fingerprint density at radius 2 is 1.88 bits per heavy atom. The molecule has 0 aliphatic heterocycles. The topological polar surface area (TPSA) is 92.1 Å². The summed E-state index contributed by atoms with van der Waals surface area (Å²) >= 11 is 0. The number of allylic oxidation sites excluding steroid dienone is 1. The first-order valence-electron chi connectivity index (χ1n) is 8.17. The van der Waals surface area contributed by atoms with Crippen LogP contribution in [0.5, 0.6) is 0 Å². The molecule has 0 heterocycles. The predicted molar refractivity (Wildman–Crippen MR) is 93.4 cm³/mol. The fourth-order valence-corrected chi connectivity index (χ4v) is 1.57. The van der Waals surface area contributed by atoms with E-state index < -0.39 is 17.8 Å². The second kappa shape index (κ2) is 11.2. The Kier molecular flexibility index (Phi) is 10.5. The van der Waals surface area contributed by atoms with Gasteiger partial charge in [-0.2, -0.15) is 0 Å². The van der Waals surface area contributed by atoms with Crippen LogP contribution in [0.3, 0.4) is 0 Å². The third-order valence-corrected chi connectivity index (χ3v) is 2.98. The zero-order valence-corrected chi connectivity index (χ0v) is 15.7. The van der Waals surface area contributed by atoms with E-state index >= 15 is 0 Å². The van der Waals surface area contributed by atoms with Crippen LogP contribution in [0.2, 0.25) is 0 Å². The van der Waals surface area contributed by atoms with Crippen molar-refractivity contribution in [2.75, 3.05) is 26.4 Å². The molecule has 24 heavy (non-hydrogen) atoms. The van der Waals surface area contributed by atoms with Crippen LogP contribution in [0.25, 0.3) is 0 Å². The van der Waals surface area contributed by atoms with Gasteiger partial charge in [-0.1, -0.05) is 6.08 Å². The first-order valence-corrected chi connectivity index (χ1v) is 8.17. The van der Waals surface area contributed by atoms with Gasteiger partial charge in [-0.25, -0.2) is 4.79 Å². The van der Waals surface area contributed by atoms with E-state index in [0.717, 1.165) is 0 Å². The maximum absolute atomic E-state index is 12.2. The van der Waals surface area contributed by atoms with E-state index in [2.05, 4.69) is 0 Å². The summed E-state index contributed by atoms with van der Waals surface area (Å²) in [6, 6.07) is 0. The third kappa shape index (κ3) is 10.4. The molecular formula is C17H32N2O5. The molecule has 1 amide bonds. The number of nitrogens with zero attached hydrogens (tertiary/aromatic N) is 1. The van der Waals surface area contributed by atoms with Crippen molar-refractivity contribution in [2.24, 2.45) is 0 Å². The van der Waals surface area contributed by atoms with Crippen LogP contribution in [-0.4, -0.2) is 66.1 Å². The second-order valence-electron chi connectivity index (χ2n) is 6.45. The number of carbonyl (C=O) groups excluding carboxylic acids is 1. The van der Waals surface area contributed by atoms with Gasteiger partial charge in [0.05, 0.1) is 38.6 Å². The second-order valence-corrected chi connectivity index (χ2v) is 6.45. The summed E-state index contributed by atoms with van der Waals surface area (Å²) in [4.78, 5) is 13.4. The summed E-state index contributed by atoms with van der Waals surface area (Å²) in [6.07, 6.45) is 1.85. The summed E-state index contributed by atoms with van der Waals surface area (Å²) in [5.74, 6) is 0.0503. The molecule has 0 spiro atoms. The summed E-state index contributed by atoms with van der Waals surface area (Å²) in [7, 11) is 0. The van der Waals surface area contributed by atoms with E-state index in [1.165, 1.54) is 11.0 Å². The Bertz CT molecular complexity index is 416. The van der Waals surface area contributed by atoms with Gasteiger partial charge in [-0.15, -0.1) is 0 Å². The summed E-state index contributed by atoms with van der Waals surface area (Å²) in [5, 5.41) is 17.2. The van der Waals surface area contributed by atoms with E-state index in [1.807, 2.05) is 0 Å². The predicted octanol–water partition coefficient (Wildman–Crippen LogP) is 2.58. The SMILES string of the molecule is C/C=C\C(=N)N(CCOCCO[C@@H](C)C(C)O)C(=O)OC(C)(C)C. The number of aliphatic hydroxyl groups is 1. The van der Waals surface area contributed by atoms with Gasteiger partial charge < -0.3 is 19.3 Å². The minimum absolute atomic E-state index is 0.0503. The van der Waals surface area contributed by atoms with Gasteiger partial charge in [0, 0.05) is 0 Å². The fraction of sp³-hybridized carbons (Fsp3) is 0.765. The lowest BCUT2D eigenvalue weighted by molar-refractivity contribution is -0.0415. The van der Waals surface area contributed by atoms with Crippen molar-refractivity contribution < 1.29 is 24.1 Å². The van der Waals surface area contributed by atoms with Crippen molar-refractivity contribution >= 4 is 11.9 Å². The molecule has 0 aliphatic rings. The monoisotopic (exact) mass is 344 g/mol. The van der Waals surface area contributed by atoms with Crippen LogP contribution in [0.4, 0.5) is 4.79 Å². The molecule has 0 fully saturated rings. The van der Waals surface area contributed by atoms with Gasteiger partial charge in [0.1, 0.15) is 11.4 Å². The third-order valence-electron chi connectivity index (χ3n) is 2.98. The average Bonchev–Trinajstić information content (AvgIpc) is 2.44. The quantitative estimate of drug-likeness (QED) is 0.381. The minimum Gasteiger partial charge on any atom is -0.443 e. The van der Waals surface area contributed by atoms with Gasteiger partial charge in [-0.05, 0) is 47.6 Å². The van der Waals surface area contributed by atoms with E-state index in [4.69, 9.17) is 19.6 Å². The zero-order valence-electron chi connectivity index (χ0n) is 15.7.